The Morgan fingerprint density at radius 2 is 1.60 bits per heavy atom. The van der Waals surface area contributed by atoms with Gasteiger partial charge in [-0.15, -0.1) is 0 Å². The summed E-state index contributed by atoms with van der Waals surface area (Å²) in [5.41, 5.74) is 4.59. The zero-order chi connectivity index (χ0) is 24.4. The van der Waals surface area contributed by atoms with E-state index in [2.05, 4.69) is 34.9 Å². The lowest BCUT2D eigenvalue weighted by Gasteiger charge is -2.24. The van der Waals surface area contributed by atoms with Gasteiger partial charge in [0.25, 0.3) is 5.91 Å². The Balaban J connectivity index is 1.17. The van der Waals surface area contributed by atoms with E-state index in [1.807, 2.05) is 24.3 Å². The number of rotatable bonds is 7. The van der Waals surface area contributed by atoms with Gasteiger partial charge < -0.3 is 25.2 Å². The number of carbonyl (C=O) groups is 3. The molecule has 184 valence electrons. The van der Waals surface area contributed by atoms with Crippen molar-refractivity contribution < 1.29 is 29.0 Å². The minimum Gasteiger partial charge on any atom is -0.481 e. The van der Waals surface area contributed by atoms with Crippen LogP contribution in [0.5, 0.6) is 0 Å². The van der Waals surface area contributed by atoms with Crippen LogP contribution in [0.15, 0.2) is 48.5 Å². The van der Waals surface area contributed by atoms with Crippen molar-refractivity contribution in [1.82, 2.24) is 10.6 Å². The molecule has 3 N–H and O–H groups in total. The van der Waals surface area contributed by atoms with Crippen molar-refractivity contribution >= 4 is 18.0 Å². The Kier molecular flexibility index (Phi) is 6.72. The van der Waals surface area contributed by atoms with Gasteiger partial charge in [-0.05, 0) is 47.4 Å². The summed E-state index contributed by atoms with van der Waals surface area (Å²) in [5.74, 6) is -1.29. The lowest BCUT2D eigenvalue weighted by atomic mass is 9.98. The molecule has 5 rings (SSSR count). The second kappa shape index (κ2) is 10.1. The highest BCUT2D eigenvalue weighted by atomic mass is 16.6. The molecule has 35 heavy (non-hydrogen) atoms. The lowest BCUT2D eigenvalue weighted by molar-refractivity contribution is -0.139. The van der Waals surface area contributed by atoms with Crippen molar-refractivity contribution in [3.05, 3.63) is 59.7 Å². The largest absolute Gasteiger partial charge is 0.481 e. The zero-order valence-electron chi connectivity index (χ0n) is 19.4. The number of hydrogen-bond donors (Lipinski definition) is 3. The molecule has 8 heteroatoms. The van der Waals surface area contributed by atoms with Crippen LogP contribution in [0.3, 0.4) is 0 Å². The average Bonchev–Trinajstić information content (AvgIpc) is 3.56. The van der Waals surface area contributed by atoms with Crippen molar-refractivity contribution in [3.63, 3.8) is 0 Å². The van der Waals surface area contributed by atoms with Crippen LogP contribution in [0.1, 0.15) is 49.1 Å². The summed E-state index contributed by atoms with van der Waals surface area (Å²) in [6.07, 6.45) is 1.57. The second-order valence-electron chi connectivity index (χ2n) is 9.56. The van der Waals surface area contributed by atoms with E-state index >= 15 is 0 Å². The molecule has 1 saturated carbocycles. The quantitative estimate of drug-likeness (QED) is 0.562. The Morgan fingerprint density at radius 1 is 0.914 bits per heavy atom. The maximum absolute atomic E-state index is 12.9. The summed E-state index contributed by atoms with van der Waals surface area (Å²) >= 11 is 0. The number of benzene rings is 2. The maximum Gasteiger partial charge on any atom is 0.407 e. The molecule has 0 radical (unpaired) electrons. The number of carboxylic acid groups (broad SMARTS) is 1. The number of fused-ring (bicyclic) bond motifs is 3. The van der Waals surface area contributed by atoms with Crippen molar-refractivity contribution in [2.24, 2.45) is 5.92 Å². The molecule has 4 atom stereocenters. The molecule has 8 nitrogen and oxygen atoms in total. The molecule has 0 spiro atoms. The SMILES string of the molecule is O=C(O)C[C@@H]1CCC[C@H]1NC(=O)C1OCCC1NC(=O)OCC1c2ccccc2-c2ccccc21. The molecular formula is C27H30N2O6. The van der Waals surface area contributed by atoms with Gasteiger partial charge in [0, 0.05) is 18.6 Å². The first-order valence-electron chi connectivity index (χ1n) is 12.3. The van der Waals surface area contributed by atoms with Gasteiger partial charge in [-0.3, -0.25) is 9.59 Å². The number of carboxylic acids is 1. The third-order valence-electron chi connectivity index (χ3n) is 7.42. The molecule has 2 fully saturated rings. The summed E-state index contributed by atoms with van der Waals surface area (Å²) in [5, 5.41) is 14.9. The van der Waals surface area contributed by atoms with Crippen LogP contribution in [0, 0.1) is 5.92 Å². The van der Waals surface area contributed by atoms with E-state index in [-0.39, 0.29) is 36.8 Å². The molecule has 0 bridgehead atoms. The smallest absolute Gasteiger partial charge is 0.407 e. The molecule has 2 unspecified atom stereocenters. The van der Waals surface area contributed by atoms with Gasteiger partial charge in [-0.1, -0.05) is 55.0 Å². The van der Waals surface area contributed by atoms with E-state index in [0.29, 0.717) is 13.0 Å². The van der Waals surface area contributed by atoms with Gasteiger partial charge in [-0.2, -0.15) is 0 Å². The zero-order valence-corrected chi connectivity index (χ0v) is 19.4. The maximum atomic E-state index is 12.9. The first-order chi connectivity index (χ1) is 17.0. The second-order valence-corrected chi connectivity index (χ2v) is 9.56. The van der Waals surface area contributed by atoms with E-state index in [4.69, 9.17) is 14.6 Å². The normalized spacial score (nSPS) is 25.0. The molecule has 3 aliphatic rings. The van der Waals surface area contributed by atoms with Crippen LogP contribution < -0.4 is 10.6 Å². The fraction of sp³-hybridized carbons (Fsp3) is 0.444. The van der Waals surface area contributed by atoms with Gasteiger partial charge in [-0.25, -0.2) is 4.79 Å². The summed E-state index contributed by atoms with van der Waals surface area (Å²) in [7, 11) is 0. The predicted molar refractivity (Wildman–Crippen MR) is 128 cm³/mol. The van der Waals surface area contributed by atoms with E-state index in [9.17, 15) is 14.4 Å². The molecule has 2 aliphatic carbocycles. The van der Waals surface area contributed by atoms with Crippen molar-refractivity contribution in [2.45, 2.75) is 56.2 Å². The minimum absolute atomic E-state index is 0.0396. The van der Waals surface area contributed by atoms with Crippen LogP contribution >= 0.6 is 0 Å². The number of hydrogen-bond acceptors (Lipinski definition) is 5. The molecule has 2 amide bonds. The highest BCUT2D eigenvalue weighted by Gasteiger charge is 2.39. The van der Waals surface area contributed by atoms with E-state index in [1.54, 1.807) is 0 Å². The van der Waals surface area contributed by atoms with E-state index < -0.39 is 24.2 Å². The summed E-state index contributed by atoms with van der Waals surface area (Å²) < 4.78 is 11.2. The molecule has 1 aliphatic heterocycles. The third kappa shape index (κ3) is 4.89. The van der Waals surface area contributed by atoms with Crippen LogP contribution in [-0.2, 0) is 19.1 Å². The predicted octanol–water partition coefficient (Wildman–Crippen LogP) is 3.44. The number of amides is 2. The fourth-order valence-corrected chi connectivity index (χ4v) is 5.75. The highest BCUT2D eigenvalue weighted by molar-refractivity contribution is 5.83. The van der Waals surface area contributed by atoms with Gasteiger partial charge in [0.15, 0.2) is 6.10 Å². The first-order valence-corrected chi connectivity index (χ1v) is 12.3. The summed E-state index contributed by atoms with van der Waals surface area (Å²) in [6.45, 7) is 0.554. The van der Waals surface area contributed by atoms with Gasteiger partial charge in [0.2, 0.25) is 0 Å². The molecule has 1 heterocycles. The summed E-state index contributed by atoms with van der Waals surface area (Å²) in [4.78, 5) is 36.7. The van der Waals surface area contributed by atoms with Crippen molar-refractivity contribution in [3.8, 4) is 11.1 Å². The Labute approximate surface area is 204 Å². The van der Waals surface area contributed by atoms with Gasteiger partial charge in [0.1, 0.15) is 6.61 Å². The third-order valence-corrected chi connectivity index (χ3v) is 7.42. The van der Waals surface area contributed by atoms with Gasteiger partial charge in [0.05, 0.1) is 12.5 Å². The molecule has 1 saturated heterocycles. The van der Waals surface area contributed by atoms with Crippen molar-refractivity contribution in [2.75, 3.05) is 13.2 Å². The lowest BCUT2D eigenvalue weighted by Crippen LogP contribution is -2.51. The van der Waals surface area contributed by atoms with Crippen LogP contribution in [0.25, 0.3) is 11.1 Å². The van der Waals surface area contributed by atoms with Crippen LogP contribution in [0.2, 0.25) is 0 Å². The summed E-state index contributed by atoms with van der Waals surface area (Å²) in [6, 6.07) is 15.6. The van der Waals surface area contributed by atoms with Crippen LogP contribution in [0.4, 0.5) is 4.79 Å². The van der Waals surface area contributed by atoms with Crippen molar-refractivity contribution in [1.29, 1.82) is 0 Å². The minimum atomic E-state index is -0.858. The molecule has 0 aromatic heterocycles. The topological polar surface area (TPSA) is 114 Å². The monoisotopic (exact) mass is 478 g/mol. The number of nitrogens with one attached hydrogen (secondary N) is 2. The number of carbonyl (C=O) groups excluding carboxylic acids is 2. The van der Waals surface area contributed by atoms with Crippen LogP contribution in [-0.4, -0.2) is 54.5 Å². The Hall–Kier alpha value is -3.39. The number of aliphatic carboxylic acids is 1. The highest BCUT2D eigenvalue weighted by Crippen LogP contribution is 2.44. The van der Waals surface area contributed by atoms with E-state index in [1.165, 1.54) is 0 Å². The first kappa shape index (κ1) is 23.4. The number of alkyl carbamates (subject to hydrolysis) is 1. The van der Waals surface area contributed by atoms with E-state index in [0.717, 1.165) is 41.5 Å². The molecule has 2 aromatic rings. The fourth-order valence-electron chi connectivity index (χ4n) is 5.75. The standard InChI is InChI=1S/C27H30N2O6/c30-24(31)14-16-6-5-11-22(16)28-26(32)25-23(12-13-34-25)29-27(33)35-15-21-19-9-3-1-7-17(19)18-8-2-4-10-20(18)21/h1-4,7-10,16,21-23,25H,5-6,11-15H2,(H,28,32)(H,29,33)(H,30,31)/t16-,22+,23?,25?/m0/s1. The molecular weight excluding hydrogens is 448 g/mol. The Morgan fingerprint density at radius 3 is 2.29 bits per heavy atom. The van der Waals surface area contributed by atoms with Gasteiger partial charge >= 0.3 is 12.1 Å². The average molecular weight is 479 g/mol. The number of ether oxygens (including phenoxy) is 2. The molecule has 2 aromatic carbocycles. The Bertz CT molecular complexity index is 1070.